The summed E-state index contributed by atoms with van der Waals surface area (Å²) in [5.74, 6) is 1.61. The van der Waals surface area contributed by atoms with Crippen molar-refractivity contribution in [3.63, 3.8) is 0 Å². The van der Waals surface area contributed by atoms with Crippen molar-refractivity contribution < 1.29 is 8.42 Å². The summed E-state index contributed by atoms with van der Waals surface area (Å²) in [5.41, 5.74) is 0. The van der Waals surface area contributed by atoms with Crippen LogP contribution in [0.4, 0.5) is 0 Å². The minimum atomic E-state index is -2.71. The Morgan fingerprint density at radius 2 is 1.82 bits per heavy atom. The first-order valence-corrected chi connectivity index (χ1v) is 8.64. The van der Waals surface area contributed by atoms with Crippen molar-refractivity contribution in [2.75, 3.05) is 31.1 Å². The monoisotopic (exact) mass is 258 g/mol. The van der Waals surface area contributed by atoms with E-state index in [4.69, 9.17) is 0 Å². The molecule has 3 aliphatic heterocycles. The fraction of sp³-hybridized carbons (Fsp3) is 1.00. The number of rotatable bonds is 1. The van der Waals surface area contributed by atoms with Gasteiger partial charge >= 0.3 is 0 Å². The zero-order chi connectivity index (χ0) is 11.9. The summed E-state index contributed by atoms with van der Waals surface area (Å²) in [6, 6.07) is 1.19. The van der Waals surface area contributed by atoms with E-state index in [0.29, 0.717) is 23.6 Å². The summed E-state index contributed by atoms with van der Waals surface area (Å²) in [6.45, 7) is 3.48. The Labute approximate surface area is 104 Å². The molecule has 0 saturated carbocycles. The zero-order valence-corrected chi connectivity index (χ0v) is 11.1. The molecule has 4 nitrogen and oxygen atoms in total. The molecule has 0 aliphatic carbocycles. The molecule has 0 aromatic heterocycles. The van der Waals surface area contributed by atoms with Crippen LogP contribution in [-0.4, -0.2) is 56.5 Å². The van der Waals surface area contributed by atoms with Gasteiger partial charge in [0.25, 0.3) is 0 Å². The van der Waals surface area contributed by atoms with Crippen molar-refractivity contribution in [3.8, 4) is 0 Å². The lowest BCUT2D eigenvalue weighted by atomic mass is 9.94. The van der Waals surface area contributed by atoms with Crippen molar-refractivity contribution in [2.45, 2.75) is 37.8 Å². The number of sulfone groups is 1. The van der Waals surface area contributed by atoms with Gasteiger partial charge in [-0.2, -0.15) is 0 Å². The molecule has 3 fully saturated rings. The Bertz CT molecular complexity index is 354. The molecule has 0 radical (unpaired) electrons. The molecule has 2 atom stereocenters. The van der Waals surface area contributed by atoms with Crippen LogP contribution < -0.4 is 5.32 Å². The van der Waals surface area contributed by atoms with Gasteiger partial charge in [-0.05, 0) is 38.1 Å². The topological polar surface area (TPSA) is 49.4 Å². The van der Waals surface area contributed by atoms with Gasteiger partial charge in [-0.3, -0.25) is 4.90 Å². The Balaban J connectivity index is 1.59. The summed E-state index contributed by atoms with van der Waals surface area (Å²) < 4.78 is 22.9. The predicted octanol–water partition coefficient (Wildman–Crippen LogP) is 0.247. The van der Waals surface area contributed by atoms with Gasteiger partial charge in [0.1, 0.15) is 9.84 Å². The molecule has 3 saturated heterocycles. The van der Waals surface area contributed by atoms with E-state index in [1.54, 1.807) is 0 Å². The van der Waals surface area contributed by atoms with E-state index in [0.717, 1.165) is 31.8 Å². The fourth-order valence-electron chi connectivity index (χ4n) is 3.62. The lowest BCUT2D eigenvalue weighted by Gasteiger charge is -2.30. The van der Waals surface area contributed by atoms with Gasteiger partial charge in [-0.25, -0.2) is 8.42 Å². The Hall–Kier alpha value is -0.130. The molecule has 3 aliphatic rings. The second-order valence-corrected chi connectivity index (χ2v) is 8.10. The van der Waals surface area contributed by atoms with E-state index in [1.165, 1.54) is 19.4 Å². The van der Waals surface area contributed by atoms with E-state index in [-0.39, 0.29) is 0 Å². The van der Waals surface area contributed by atoms with E-state index in [1.807, 2.05) is 0 Å². The smallest absolute Gasteiger partial charge is 0.150 e. The van der Waals surface area contributed by atoms with Gasteiger partial charge < -0.3 is 5.32 Å². The Morgan fingerprint density at radius 3 is 2.53 bits per heavy atom. The highest BCUT2D eigenvalue weighted by Crippen LogP contribution is 2.29. The van der Waals surface area contributed by atoms with Crippen LogP contribution >= 0.6 is 0 Å². The molecule has 1 N–H and O–H groups in total. The molecular weight excluding hydrogens is 236 g/mol. The standard InChI is InChI=1S/C12H22N2O2S/c15-17(16)6-3-11(4-7-17)14-8-10-2-1-5-13-12(10)9-14/h10-13H,1-9H2. The van der Waals surface area contributed by atoms with Crippen LogP contribution in [0.5, 0.6) is 0 Å². The van der Waals surface area contributed by atoms with Gasteiger partial charge in [-0.15, -0.1) is 0 Å². The van der Waals surface area contributed by atoms with Crippen molar-refractivity contribution in [1.82, 2.24) is 10.2 Å². The number of likely N-dealkylation sites (tertiary alicyclic amines) is 1. The highest BCUT2D eigenvalue weighted by atomic mass is 32.2. The average molecular weight is 258 g/mol. The van der Waals surface area contributed by atoms with Crippen LogP contribution in [0.15, 0.2) is 0 Å². The molecule has 0 amide bonds. The van der Waals surface area contributed by atoms with Crippen LogP contribution in [0, 0.1) is 5.92 Å². The van der Waals surface area contributed by atoms with Gasteiger partial charge in [-0.1, -0.05) is 0 Å². The number of nitrogens with one attached hydrogen (secondary N) is 1. The lowest BCUT2D eigenvalue weighted by molar-refractivity contribution is 0.217. The zero-order valence-electron chi connectivity index (χ0n) is 10.3. The maximum atomic E-state index is 11.4. The van der Waals surface area contributed by atoms with Gasteiger partial charge in [0.05, 0.1) is 11.5 Å². The molecule has 98 valence electrons. The Morgan fingerprint density at radius 1 is 1.06 bits per heavy atom. The normalized spacial score (nSPS) is 39.1. The number of hydrogen-bond donors (Lipinski definition) is 1. The third-order valence-corrected chi connectivity index (χ3v) is 6.38. The predicted molar refractivity (Wildman–Crippen MR) is 67.8 cm³/mol. The summed E-state index contributed by atoms with van der Waals surface area (Å²) in [7, 11) is -2.71. The summed E-state index contributed by atoms with van der Waals surface area (Å²) >= 11 is 0. The number of piperidine rings is 1. The maximum Gasteiger partial charge on any atom is 0.150 e. The molecule has 5 heteroatoms. The molecule has 3 heterocycles. The van der Waals surface area contributed by atoms with Crippen molar-refractivity contribution in [2.24, 2.45) is 5.92 Å². The van der Waals surface area contributed by atoms with Crippen LogP contribution in [0.3, 0.4) is 0 Å². The van der Waals surface area contributed by atoms with E-state index in [2.05, 4.69) is 10.2 Å². The SMILES string of the molecule is O=S1(=O)CCC(N2CC3CCCNC3C2)CC1. The third-order valence-electron chi connectivity index (χ3n) is 4.67. The first-order chi connectivity index (χ1) is 8.14. The van der Waals surface area contributed by atoms with Crippen molar-refractivity contribution >= 4 is 9.84 Å². The van der Waals surface area contributed by atoms with Crippen LogP contribution in [0.1, 0.15) is 25.7 Å². The molecule has 0 spiro atoms. The first-order valence-electron chi connectivity index (χ1n) is 6.82. The Kier molecular flexibility index (Phi) is 3.17. The van der Waals surface area contributed by atoms with Crippen LogP contribution in [0.25, 0.3) is 0 Å². The second kappa shape index (κ2) is 4.52. The molecule has 0 aromatic carbocycles. The molecule has 2 unspecified atom stereocenters. The van der Waals surface area contributed by atoms with E-state index >= 15 is 0 Å². The average Bonchev–Trinajstić information content (AvgIpc) is 2.72. The van der Waals surface area contributed by atoms with Gasteiger partial charge in [0.2, 0.25) is 0 Å². The molecule has 3 rings (SSSR count). The van der Waals surface area contributed by atoms with Gasteiger partial charge in [0.15, 0.2) is 0 Å². The number of hydrogen-bond acceptors (Lipinski definition) is 4. The second-order valence-electron chi connectivity index (χ2n) is 5.80. The van der Waals surface area contributed by atoms with Crippen molar-refractivity contribution in [1.29, 1.82) is 0 Å². The third kappa shape index (κ3) is 2.51. The van der Waals surface area contributed by atoms with Crippen LogP contribution in [-0.2, 0) is 9.84 Å². The minimum absolute atomic E-state index is 0.400. The van der Waals surface area contributed by atoms with E-state index in [9.17, 15) is 8.42 Å². The van der Waals surface area contributed by atoms with Crippen LogP contribution in [0.2, 0.25) is 0 Å². The highest BCUT2D eigenvalue weighted by molar-refractivity contribution is 7.91. The summed E-state index contributed by atoms with van der Waals surface area (Å²) in [6.07, 6.45) is 4.34. The summed E-state index contributed by atoms with van der Waals surface area (Å²) in [4.78, 5) is 2.54. The molecule has 17 heavy (non-hydrogen) atoms. The maximum absolute atomic E-state index is 11.4. The molecular formula is C12H22N2O2S. The largest absolute Gasteiger partial charge is 0.312 e. The first kappa shape index (κ1) is 11.9. The quantitative estimate of drug-likeness (QED) is 0.732. The number of nitrogens with zero attached hydrogens (tertiary/aromatic N) is 1. The highest BCUT2D eigenvalue weighted by Gasteiger charge is 2.38. The summed E-state index contributed by atoms with van der Waals surface area (Å²) in [5, 5.41) is 3.61. The van der Waals surface area contributed by atoms with Crippen molar-refractivity contribution in [3.05, 3.63) is 0 Å². The fourth-order valence-corrected chi connectivity index (χ4v) is 5.09. The van der Waals surface area contributed by atoms with E-state index < -0.39 is 9.84 Å². The number of fused-ring (bicyclic) bond motifs is 1. The molecule has 0 bridgehead atoms. The lowest BCUT2D eigenvalue weighted by Crippen LogP contribution is -2.43. The van der Waals surface area contributed by atoms with Gasteiger partial charge in [0, 0.05) is 25.2 Å². The molecule has 0 aromatic rings. The minimum Gasteiger partial charge on any atom is -0.312 e.